The van der Waals surface area contributed by atoms with Crippen molar-refractivity contribution >= 4 is 11.6 Å². The maximum Gasteiger partial charge on any atom is 0.226 e. The molecule has 2 aliphatic heterocycles. The summed E-state index contributed by atoms with van der Waals surface area (Å²) in [5, 5.41) is 10.1. The van der Waals surface area contributed by atoms with Crippen molar-refractivity contribution in [2.75, 3.05) is 32.2 Å². The van der Waals surface area contributed by atoms with E-state index in [0.29, 0.717) is 5.91 Å². The highest BCUT2D eigenvalue weighted by Gasteiger charge is 2.49. The largest absolute Gasteiger partial charge is 0.497 e. The van der Waals surface area contributed by atoms with Gasteiger partial charge in [0.05, 0.1) is 25.8 Å². The average molecular weight is 392 g/mol. The van der Waals surface area contributed by atoms with Gasteiger partial charge in [-0.3, -0.25) is 4.79 Å². The Morgan fingerprint density at radius 3 is 2.48 bits per heavy atom. The SMILES string of the molecule is COc1ccc(-c2ccc3c(c2)[C@H]2[C@H](CCN2C(=O)C2CC2)[C@H](CO)N3C)cc1. The zero-order valence-corrected chi connectivity index (χ0v) is 17.0. The van der Waals surface area contributed by atoms with Crippen LogP contribution in [0, 0.1) is 11.8 Å². The summed E-state index contributed by atoms with van der Waals surface area (Å²) in [4.78, 5) is 17.3. The molecule has 1 aliphatic carbocycles. The number of rotatable bonds is 4. The molecular formula is C24H28N2O3. The van der Waals surface area contributed by atoms with Gasteiger partial charge in [-0.1, -0.05) is 18.2 Å². The molecule has 3 aliphatic rings. The van der Waals surface area contributed by atoms with E-state index in [0.717, 1.165) is 48.4 Å². The number of benzene rings is 2. The van der Waals surface area contributed by atoms with E-state index in [2.05, 4.69) is 47.2 Å². The molecule has 5 nitrogen and oxygen atoms in total. The highest BCUT2D eigenvalue weighted by molar-refractivity contribution is 5.83. The van der Waals surface area contributed by atoms with E-state index >= 15 is 0 Å². The topological polar surface area (TPSA) is 53.0 Å². The van der Waals surface area contributed by atoms with Crippen LogP contribution in [0.25, 0.3) is 11.1 Å². The Kier molecular flexibility index (Phi) is 4.50. The van der Waals surface area contributed by atoms with Crippen LogP contribution >= 0.6 is 0 Å². The molecule has 2 fully saturated rings. The van der Waals surface area contributed by atoms with Crippen LogP contribution in [-0.2, 0) is 4.79 Å². The molecule has 5 heteroatoms. The van der Waals surface area contributed by atoms with Gasteiger partial charge >= 0.3 is 0 Å². The van der Waals surface area contributed by atoms with E-state index in [9.17, 15) is 9.90 Å². The maximum atomic E-state index is 13.0. The minimum Gasteiger partial charge on any atom is -0.497 e. The number of carbonyl (C=O) groups excluding carboxylic acids is 1. The first-order valence-corrected chi connectivity index (χ1v) is 10.5. The van der Waals surface area contributed by atoms with Gasteiger partial charge in [0.2, 0.25) is 5.91 Å². The van der Waals surface area contributed by atoms with E-state index in [1.165, 1.54) is 5.56 Å². The first-order valence-electron chi connectivity index (χ1n) is 10.5. The first-order chi connectivity index (χ1) is 14.1. The summed E-state index contributed by atoms with van der Waals surface area (Å²) < 4.78 is 5.28. The molecular weight excluding hydrogens is 364 g/mol. The van der Waals surface area contributed by atoms with E-state index in [1.54, 1.807) is 7.11 Å². The van der Waals surface area contributed by atoms with Gasteiger partial charge in [0, 0.05) is 31.1 Å². The van der Waals surface area contributed by atoms with Crippen LogP contribution in [0.1, 0.15) is 30.9 Å². The second-order valence-corrected chi connectivity index (χ2v) is 8.57. The van der Waals surface area contributed by atoms with Crippen LogP contribution in [0.2, 0.25) is 0 Å². The minimum atomic E-state index is 0.0522. The predicted molar refractivity (Wildman–Crippen MR) is 113 cm³/mol. The number of fused-ring (bicyclic) bond motifs is 3. The van der Waals surface area contributed by atoms with Gasteiger partial charge in [-0.15, -0.1) is 0 Å². The number of anilines is 1. The molecule has 1 saturated heterocycles. The zero-order chi connectivity index (χ0) is 20.1. The number of nitrogens with zero attached hydrogens (tertiary/aromatic N) is 2. The Balaban J connectivity index is 1.58. The number of likely N-dealkylation sites (tertiary alicyclic amines) is 1. The van der Waals surface area contributed by atoms with Crippen molar-refractivity contribution in [2.24, 2.45) is 11.8 Å². The number of hydrogen-bond donors (Lipinski definition) is 1. The number of likely N-dealkylation sites (N-methyl/N-ethyl adjacent to an activating group) is 1. The van der Waals surface area contributed by atoms with Gasteiger partial charge < -0.3 is 19.6 Å². The lowest BCUT2D eigenvalue weighted by atomic mass is 9.81. The van der Waals surface area contributed by atoms with Crippen molar-refractivity contribution in [1.82, 2.24) is 4.90 Å². The number of aliphatic hydroxyl groups is 1. The third-order valence-corrected chi connectivity index (χ3v) is 6.98. The second-order valence-electron chi connectivity index (χ2n) is 8.57. The molecule has 2 aromatic carbocycles. The van der Waals surface area contributed by atoms with Crippen LogP contribution in [0.3, 0.4) is 0 Å². The van der Waals surface area contributed by atoms with E-state index in [-0.39, 0.29) is 30.5 Å². The molecule has 5 rings (SSSR count). The highest BCUT2D eigenvalue weighted by Crippen LogP contribution is 2.50. The number of aliphatic hydroxyl groups excluding tert-OH is 1. The van der Waals surface area contributed by atoms with E-state index < -0.39 is 0 Å². The van der Waals surface area contributed by atoms with E-state index in [1.807, 2.05) is 12.1 Å². The molecule has 0 spiro atoms. The summed E-state index contributed by atoms with van der Waals surface area (Å²) in [6.45, 7) is 0.907. The number of amides is 1. The maximum absolute atomic E-state index is 13.0. The van der Waals surface area contributed by atoms with Gasteiger partial charge in [0.1, 0.15) is 5.75 Å². The molecule has 0 bridgehead atoms. The normalized spacial score (nSPS) is 25.6. The summed E-state index contributed by atoms with van der Waals surface area (Å²) in [6, 6.07) is 14.7. The predicted octanol–water partition coefficient (Wildman–Crippen LogP) is 3.47. The fourth-order valence-corrected chi connectivity index (χ4v) is 5.23. The van der Waals surface area contributed by atoms with Crippen LogP contribution in [0.4, 0.5) is 5.69 Å². The van der Waals surface area contributed by atoms with Crippen molar-refractivity contribution in [3.8, 4) is 16.9 Å². The van der Waals surface area contributed by atoms with Crippen molar-refractivity contribution in [3.05, 3.63) is 48.0 Å². The Hall–Kier alpha value is -2.53. The number of hydrogen-bond acceptors (Lipinski definition) is 4. The first kappa shape index (κ1) is 18.5. The fraction of sp³-hybridized carbons (Fsp3) is 0.458. The summed E-state index contributed by atoms with van der Waals surface area (Å²) in [5.41, 5.74) is 4.61. The smallest absolute Gasteiger partial charge is 0.226 e. The van der Waals surface area contributed by atoms with Crippen molar-refractivity contribution in [3.63, 3.8) is 0 Å². The van der Waals surface area contributed by atoms with Gasteiger partial charge in [0.15, 0.2) is 0 Å². The number of ether oxygens (including phenoxy) is 1. The lowest BCUT2D eigenvalue weighted by Gasteiger charge is -2.44. The second kappa shape index (κ2) is 7.06. The molecule has 1 saturated carbocycles. The lowest BCUT2D eigenvalue weighted by molar-refractivity contribution is -0.134. The van der Waals surface area contributed by atoms with E-state index in [4.69, 9.17) is 4.74 Å². The fourth-order valence-electron chi connectivity index (χ4n) is 5.23. The third-order valence-electron chi connectivity index (χ3n) is 6.98. The highest BCUT2D eigenvalue weighted by atomic mass is 16.5. The molecule has 2 heterocycles. The van der Waals surface area contributed by atoms with Crippen molar-refractivity contribution in [2.45, 2.75) is 31.3 Å². The number of methoxy groups -OCH3 is 1. The van der Waals surface area contributed by atoms with Crippen molar-refractivity contribution < 1.29 is 14.6 Å². The van der Waals surface area contributed by atoms with Crippen LogP contribution < -0.4 is 9.64 Å². The molecule has 0 unspecified atom stereocenters. The molecule has 0 radical (unpaired) electrons. The Morgan fingerprint density at radius 2 is 1.83 bits per heavy atom. The van der Waals surface area contributed by atoms with Gasteiger partial charge in [0.25, 0.3) is 0 Å². The molecule has 29 heavy (non-hydrogen) atoms. The van der Waals surface area contributed by atoms with Crippen LogP contribution in [-0.4, -0.2) is 49.3 Å². The van der Waals surface area contributed by atoms with Crippen LogP contribution in [0.15, 0.2) is 42.5 Å². The Bertz CT molecular complexity index is 922. The third kappa shape index (κ3) is 2.99. The number of carbonyl (C=O) groups is 1. The van der Waals surface area contributed by atoms with Crippen LogP contribution in [0.5, 0.6) is 5.75 Å². The molecule has 1 N–H and O–H groups in total. The quantitative estimate of drug-likeness (QED) is 0.866. The molecule has 1 amide bonds. The summed E-state index contributed by atoms with van der Waals surface area (Å²) in [6.07, 6.45) is 2.99. The summed E-state index contributed by atoms with van der Waals surface area (Å²) >= 11 is 0. The zero-order valence-electron chi connectivity index (χ0n) is 17.0. The van der Waals surface area contributed by atoms with Crippen molar-refractivity contribution in [1.29, 1.82) is 0 Å². The standard InChI is InChI=1S/C24H28N2O3/c1-25-21-10-7-17(15-5-8-18(29-2)9-6-15)13-20(21)23-19(22(25)14-27)11-12-26(23)24(28)16-3-4-16/h5-10,13,16,19,22-23,27H,3-4,11-12,14H2,1-2H3/t19-,22+,23-/m1/s1. The lowest BCUT2D eigenvalue weighted by Crippen LogP contribution is -2.48. The monoisotopic (exact) mass is 392 g/mol. The Morgan fingerprint density at radius 1 is 1.10 bits per heavy atom. The van der Waals surface area contributed by atoms with Gasteiger partial charge in [-0.2, -0.15) is 0 Å². The van der Waals surface area contributed by atoms with Gasteiger partial charge in [-0.05, 0) is 60.2 Å². The molecule has 2 aromatic rings. The van der Waals surface area contributed by atoms with Gasteiger partial charge in [-0.25, -0.2) is 0 Å². The average Bonchev–Trinajstić information content (AvgIpc) is 3.52. The molecule has 0 aromatic heterocycles. The molecule has 152 valence electrons. The summed E-state index contributed by atoms with van der Waals surface area (Å²) in [5.74, 6) is 1.63. The summed E-state index contributed by atoms with van der Waals surface area (Å²) in [7, 11) is 3.74. The Labute approximate surface area is 171 Å². The minimum absolute atomic E-state index is 0.0522. The molecule has 3 atom stereocenters.